The van der Waals surface area contributed by atoms with Crippen LogP contribution >= 0.6 is 23.3 Å². The van der Waals surface area contributed by atoms with Crippen molar-refractivity contribution in [1.29, 1.82) is 0 Å². The van der Waals surface area contributed by atoms with Crippen molar-refractivity contribution in [2.75, 3.05) is 0 Å². The van der Waals surface area contributed by atoms with Crippen LogP contribution in [0.4, 0.5) is 4.39 Å². The maximum atomic E-state index is 12.7. The van der Waals surface area contributed by atoms with Crippen LogP contribution in [0.3, 0.4) is 0 Å². The van der Waals surface area contributed by atoms with Gasteiger partial charge in [-0.3, -0.25) is 0 Å². The largest absolute Gasteiger partial charge is 0.212 e. The maximum absolute atomic E-state index is 12.7. The zero-order valence-electron chi connectivity index (χ0n) is 8.39. The van der Waals surface area contributed by atoms with Crippen molar-refractivity contribution in [1.82, 2.24) is 9.36 Å². The van der Waals surface area contributed by atoms with E-state index in [-0.39, 0.29) is 5.82 Å². The molecule has 82 valence electrons. The van der Waals surface area contributed by atoms with Gasteiger partial charge in [0, 0.05) is 10.8 Å². The Kier molecular flexibility index (Phi) is 2.65. The molecule has 0 spiro atoms. The highest BCUT2D eigenvalue weighted by Crippen LogP contribution is 2.40. The lowest BCUT2D eigenvalue weighted by molar-refractivity contribution is 0.626. The van der Waals surface area contributed by atoms with E-state index in [0.29, 0.717) is 5.92 Å². The van der Waals surface area contributed by atoms with Gasteiger partial charge in [0.05, 0.1) is 0 Å². The topological polar surface area (TPSA) is 25.8 Å². The summed E-state index contributed by atoms with van der Waals surface area (Å²) in [6, 6.07) is 6.45. The average Bonchev–Trinajstić information content (AvgIpc) is 3.04. The van der Waals surface area contributed by atoms with Gasteiger partial charge in [-0.1, -0.05) is 11.8 Å². The van der Waals surface area contributed by atoms with Crippen molar-refractivity contribution in [3.8, 4) is 0 Å². The van der Waals surface area contributed by atoms with Crippen molar-refractivity contribution in [2.24, 2.45) is 0 Å². The van der Waals surface area contributed by atoms with E-state index in [2.05, 4.69) is 9.36 Å². The molecule has 1 heterocycles. The lowest BCUT2D eigenvalue weighted by Gasteiger charge is -1.95. The van der Waals surface area contributed by atoms with Crippen molar-refractivity contribution >= 4 is 23.3 Å². The average molecular weight is 252 g/mol. The summed E-state index contributed by atoms with van der Waals surface area (Å²) in [5, 5.41) is 0. The fraction of sp³-hybridized carbons (Fsp3) is 0.273. The van der Waals surface area contributed by atoms with Crippen molar-refractivity contribution in [3.05, 3.63) is 35.9 Å². The molecule has 0 bridgehead atoms. The van der Waals surface area contributed by atoms with Crippen LogP contribution in [0.15, 0.2) is 33.5 Å². The Morgan fingerprint density at radius 1 is 1.25 bits per heavy atom. The molecule has 3 rings (SSSR count). The molecule has 5 heteroatoms. The Morgan fingerprint density at radius 3 is 2.69 bits per heavy atom. The molecule has 1 aromatic carbocycles. The first-order valence-corrected chi connectivity index (χ1v) is 6.67. The summed E-state index contributed by atoms with van der Waals surface area (Å²) in [5.41, 5.74) is 0. The van der Waals surface area contributed by atoms with E-state index in [1.54, 1.807) is 23.9 Å². The van der Waals surface area contributed by atoms with Crippen LogP contribution in [0.25, 0.3) is 0 Å². The molecule has 2 nitrogen and oxygen atoms in total. The van der Waals surface area contributed by atoms with Gasteiger partial charge in [0.2, 0.25) is 0 Å². The Labute approximate surface area is 101 Å². The van der Waals surface area contributed by atoms with Crippen LogP contribution in [0, 0.1) is 5.82 Å². The highest BCUT2D eigenvalue weighted by atomic mass is 32.2. The molecule has 0 amide bonds. The fourth-order valence-electron chi connectivity index (χ4n) is 1.37. The number of benzene rings is 1. The standard InChI is InChI=1S/C11H9FN2S2/c12-8-3-5-9(6-4-8)15-11-13-10(14-16-11)7-1-2-7/h3-7H,1-2H2. The third-order valence-corrected chi connectivity index (χ3v) is 4.16. The van der Waals surface area contributed by atoms with Crippen LogP contribution in [0.2, 0.25) is 0 Å². The molecule has 0 N–H and O–H groups in total. The zero-order valence-corrected chi connectivity index (χ0v) is 10.0. The van der Waals surface area contributed by atoms with Gasteiger partial charge in [0.15, 0.2) is 4.34 Å². The third kappa shape index (κ3) is 2.25. The molecule has 0 saturated heterocycles. The second-order valence-electron chi connectivity index (χ2n) is 3.75. The van der Waals surface area contributed by atoms with E-state index in [1.807, 2.05) is 0 Å². The molecule has 16 heavy (non-hydrogen) atoms. The smallest absolute Gasteiger partial charge is 0.174 e. The molecule has 1 aliphatic carbocycles. The molecular weight excluding hydrogens is 243 g/mol. The van der Waals surface area contributed by atoms with Gasteiger partial charge in [-0.2, -0.15) is 4.37 Å². The van der Waals surface area contributed by atoms with E-state index in [4.69, 9.17) is 0 Å². The van der Waals surface area contributed by atoms with Crippen molar-refractivity contribution < 1.29 is 4.39 Å². The second kappa shape index (κ2) is 4.14. The molecule has 0 aliphatic heterocycles. The number of hydrogen-bond acceptors (Lipinski definition) is 4. The van der Waals surface area contributed by atoms with Gasteiger partial charge < -0.3 is 0 Å². The maximum Gasteiger partial charge on any atom is 0.174 e. The van der Waals surface area contributed by atoms with E-state index < -0.39 is 0 Å². The van der Waals surface area contributed by atoms with Crippen LogP contribution in [0.1, 0.15) is 24.6 Å². The van der Waals surface area contributed by atoms with Crippen LogP contribution in [-0.2, 0) is 0 Å². The van der Waals surface area contributed by atoms with Crippen molar-refractivity contribution in [2.45, 2.75) is 28.0 Å². The molecular formula is C11H9FN2S2. The zero-order chi connectivity index (χ0) is 11.0. The minimum Gasteiger partial charge on any atom is -0.212 e. The van der Waals surface area contributed by atoms with E-state index in [1.165, 1.54) is 36.5 Å². The van der Waals surface area contributed by atoms with Gasteiger partial charge in [-0.25, -0.2) is 9.37 Å². The number of hydrogen-bond donors (Lipinski definition) is 0. The van der Waals surface area contributed by atoms with Gasteiger partial charge in [-0.05, 0) is 48.6 Å². The molecule has 2 aromatic rings. The Balaban J connectivity index is 1.75. The lowest BCUT2D eigenvalue weighted by atomic mass is 10.4. The predicted octanol–water partition coefficient (Wildman–Crippen LogP) is 3.71. The summed E-state index contributed by atoms with van der Waals surface area (Å²) in [7, 11) is 0. The van der Waals surface area contributed by atoms with Crippen LogP contribution in [0.5, 0.6) is 0 Å². The summed E-state index contributed by atoms with van der Waals surface area (Å²) in [5.74, 6) is 1.37. The molecule has 0 unspecified atom stereocenters. The number of nitrogens with zero attached hydrogens (tertiary/aromatic N) is 2. The SMILES string of the molecule is Fc1ccc(Sc2nc(C3CC3)ns2)cc1. The van der Waals surface area contributed by atoms with Crippen LogP contribution in [-0.4, -0.2) is 9.36 Å². The molecule has 0 atom stereocenters. The third-order valence-electron chi connectivity index (χ3n) is 2.38. The molecule has 1 saturated carbocycles. The number of rotatable bonds is 3. The van der Waals surface area contributed by atoms with Gasteiger partial charge in [0.25, 0.3) is 0 Å². The summed E-state index contributed by atoms with van der Waals surface area (Å²) >= 11 is 2.97. The quantitative estimate of drug-likeness (QED) is 0.833. The number of aromatic nitrogens is 2. The first-order chi connectivity index (χ1) is 7.81. The minimum absolute atomic E-state index is 0.208. The minimum atomic E-state index is -0.208. The Morgan fingerprint density at radius 2 is 2.00 bits per heavy atom. The van der Waals surface area contributed by atoms with E-state index >= 15 is 0 Å². The summed E-state index contributed by atoms with van der Waals surface area (Å²) in [4.78, 5) is 5.47. The lowest BCUT2D eigenvalue weighted by Crippen LogP contribution is -1.81. The van der Waals surface area contributed by atoms with E-state index in [0.717, 1.165) is 15.1 Å². The van der Waals surface area contributed by atoms with Gasteiger partial charge >= 0.3 is 0 Å². The van der Waals surface area contributed by atoms with E-state index in [9.17, 15) is 4.39 Å². The van der Waals surface area contributed by atoms with Crippen molar-refractivity contribution in [3.63, 3.8) is 0 Å². The molecule has 1 aromatic heterocycles. The first-order valence-electron chi connectivity index (χ1n) is 5.08. The predicted molar refractivity (Wildman–Crippen MR) is 62.4 cm³/mol. The van der Waals surface area contributed by atoms with Crippen LogP contribution < -0.4 is 0 Å². The summed E-state index contributed by atoms with van der Waals surface area (Å²) < 4.78 is 18.0. The van der Waals surface area contributed by atoms with Gasteiger partial charge in [0.1, 0.15) is 11.6 Å². The number of halogens is 1. The monoisotopic (exact) mass is 252 g/mol. The summed E-state index contributed by atoms with van der Waals surface area (Å²) in [6.45, 7) is 0. The highest BCUT2D eigenvalue weighted by molar-refractivity contribution is 8.01. The summed E-state index contributed by atoms with van der Waals surface area (Å²) in [6.07, 6.45) is 2.44. The molecule has 1 aliphatic rings. The molecule has 1 fully saturated rings. The highest BCUT2D eigenvalue weighted by Gasteiger charge is 2.27. The normalized spacial score (nSPS) is 15.3. The Bertz CT molecular complexity index is 491. The second-order valence-corrected chi connectivity index (χ2v) is 5.82. The fourth-order valence-corrected chi connectivity index (χ4v) is 3.03. The molecule has 0 radical (unpaired) electrons. The first kappa shape index (κ1) is 10.2. The van der Waals surface area contributed by atoms with Gasteiger partial charge in [-0.15, -0.1) is 0 Å². The Hall–Kier alpha value is -0.940.